The van der Waals surface area contributed by atoms with Crippen LogP contribution in [0.5, 0.6) is 0 Å². The molecule has 13 heavy (non-hydrogen) atoms. The van der Waals surface area contributed by atoms with Gasteiger partial charge in [-0.15, -0.1) is 0 Å². The van der Waals surface area contributed by atoms with Crippen molar-refractivity contribution >= 4 is 11.9 Å². The van der Waals surface area contributed by atoms with Gasteiger partial charge in [0.2, 0.25) is 0 Å². The molecule has 0 fully saturated rings. The molecule has 0 heterocycles. The minimum atomic E-state index is -1.23. The lowest BCUT2D eigenvalue weighted by Gasteiger charge is -1.89. The van der Waals surface area contributed by atoms with Crippen LogP contribution in [0.25, 0.3) is 0 Å². The molecule has 0 radical (unpaired) electrons. The Hall–Kier alpha value is -1.40. The first-order valence-electron chi connectivity index (χ1n) is 3.23. The molecule has 0 aliphatic rings. The maximum absolute atomic E-state index is 9.95. The second-order valence-electron chi connectivity index (χ2n) is 1.79. The highest BCUT2D eigenvalue weighted by molar-refractivity contribution is 5.80. The minimum Gasteiger partial charge on any atom is -0.479 e. The van der Waals surface area contributed by atoms with E-state index in [1.807, 2.05) is 0 Å². The molecule has 1 atom stereocenters. The van der Waals surface area contributed by atoms with Crippen LogP contribution in [0.4, 0.5) is 0 Å². The monoisotopic (exact) mass is 192 g/mol. The van der Waals surface area contributed by atoms with Crippen molar-refractivity contribution < 1.29 is 29.6 Å². The predicted molar refractivity (Wildman–Crippen MR) is 42.6 cm³/mol. The van der Waals surface area contributed by atoms with Gasteiger partial charge < -0.3 is 10.2 Å². The third-order valence-corrected chi connectivity index (χ3v) is 0.690. The minimum absolute atomic E-state index is 0.581. The molecule has 0 aliphatic heterocycles. The summed E-state index contributed by atoms with van der Waals surface area (Å²) in [6, 6.07) is 0. The summed E-state index contributed by atoms with van der Waals surface area (Å²) in [6.07, 6.45) is -0.214. The van der Waals surface area contributed by atoms with Crippen molar-refractivity contribution in [3.63, 3.8) is 0 Å². The molecule has 76 valence electrons. The summed E-state index contributed by atoms with van der Waals surface area (Å²) in [5.74, 6) is -1.77. The first-order valence-corrected chi connectivity index (χ1v) is 3.23. The molecular weight excluding hydrogens is 180 g/mol. The highest BCUT2D eigenvalue weighted by Gasteiger charge is 2.01. The highest BCUT2D eigenvalue weighted by atomic mass is 17.2. The molecule has 0 spiro atoms. The van der Waals surface area contributed by atoms with Crippen LogP contribution in [0.15, 0.2) is 12.7 Å². The van der Waals surface area contributed by atoms with Crippen molar-refractivity contribution in [3.05, 3.63) is 12.7 Å². The van der Waals surface area contributed by atoms with Crippen molar-refractivity contribution in [2.75, 3.05) is 7.11 Å². The zero-order valence-electron chi connectivity index (χ0n) is 7.39. The van der Waals surface area contributed by atoms with Gasteiger partial charge >= 0.3 is 11.9 Å². The number of aliphatic hydroxyl groups is 1. The van der Waals surface area contributed by atoms with Gasteiger partial charge in [0, 0.05) is 6.08 Å². The van der Waals surface area contributed by atoms with Crippen LogP contribution in [-0.2, 0) is 19.4 Å². The summed E-state index contributed by atoms with van der Waals surface area (Å²) >= 11 is 0. The second kappa shape index (κ2) is 8.69. The third-order valence-electron chi connectivity index (χ3n) is 0.690. The molecule has 1 unspecified atom stereocenters. The Morgan fingerprint density at radius 3 is 2.00 bits per heavy atom. The molecule has 0 aliphatic carbocycles. The Bertz CT molecular complexity index is 174. The summed E-state index contributed by atoms with van der Waals surface area (Å²) in [6.45, 7) is 4.32. The fourth-order valence-corrected chi connectivity index (χ4v) is 0.116. The van der Waals surface area contributed by atoms with Crippen LogP contribution < -0.4 is 0 Å². The Labute approximate surface area is 75.3 Å². The zero-order valence-corrected chi connectivity index (χ0v) is 7.39. The number of hydrogen-bond donors (Lipinski definition) is 2. The molecule has 0 bridgehead atoms. The van der Waals surface area contributed by atoms with E-state index in [0.29, 0.717) is 0 Å². The average molecular weight is 192 g/mol. The molecule has 0 saturated heterocycles. The smallest absolute Gasteiger partial charge is 0.365 e. The fraction of sp³-hybridized carbons (Fsp3) is 0.429. The largest absolute Gasteiger partial charge is 0.479 e. The number of aliphatic carboxylic acids is 1. The van der Waals surface area contributed by atoms with E-state index in [4.69, 9.17) is 10.2 Å². The van der Waals surface area contributed by atoms with E-state index < -0.39 is 18.0 Å². The number of carbonyl (C=O) groups is 2. The van der Waals surface area contributed by atoms with E-state index in [1.165, 1.54) is 14.0 Å². The van der Waals surface area contributed by atoms with Gasteiger partial charge in [0.25, 0.3) is 0 Å². The number of carboxylic acid groups (broad SMARTS) is 1. The van der Waals surface area contributed by atoms with E-state index >= 15 is 0 Å². The van der Waals surface area contributed by atoms with Gasteiger partial charge in [-0.3, -0.25) is 4.89 Å². The van der Waals surface area contributed by atoms with Gasteiger partial charge in [-0.2, -0.15) is 4.89 Å². The summed E-state index contributed by atoms with van der Waals surface area (Å²) in [4.78, 5) is 27.3. The van der Waals surface area contributed by atoms with Crippen LogP contribution >= 0.6 is 0 Å². The summed E-state index contributed by atoms with van der Waals surface area (Å²) in [7, 11) is 1.25. The Kier molecular flexibility index (Phi) is 9.46. The lowest BCUT2D eigenvalue weighted by Crippen LogP contribution is -2.13. The number of carboxylic acids is 1. The third kappa shape index (κ3) is 13.6. The molecule has 0 amide bonds. The molecule has 0 aromatic carbocycles. The van der Waals surface area contributed by atoms with Crippen LogP contribution in [0.3, 0.4) is 0 Å². The molecule has 6 nitrogen and oxygen atoms in total. The fourth-order valence-electron chi connectivity index (χ4n) is 0.116. The second-order valence-corrected chi connectivity index (χ2v) is 1.79. The van der Waals surface area contributed by atoms with E-state index in [2.05, 4.69) is 16.4 Å². The van der Waals surface area contributed by atoms with Gasteiger partial charge in [-0.05, 0) is 6.92 Å². The average Bonchev–Trinajstić information content (AvgIpc) is 2.05. The Morgan fingerprint density at radius 1 is 1.54 bits per heavy atom. The van der Waals surface area contributed by atoms with Gasteiger partial charge in [0.1, 0.15) is 6.10 Å². The highest BCUT2D eigenvalue weighted by Crippen LogP contribution is 1.74. The van der Waals surface area contributed by atoms with E-state index in [1.54, 1.807) is 0 Å². The van der Waals surface area contributed by atoms with Gasteiger partial charge in [-0.1, -0.05) is 6.58 Å². The van der Waals surface area contributed by atoms with Crippen LogP contribution in [0.2, 0.25) is 0 Å². The number of carbonyl (C=O) groups excluding carboxylic acids is 1. The van der Waals surface area contributed by atoms with Crippen molar-refractivity contribution in [3.8, 4) is 0 Å². The van der Waals surface area contributed by atoms with Gasteiger partial charge in [0.15, 0.2) is 0 Å². The molecule has 0 rings (SSSR count). The lowest BCUT2D eigenvalue weighted by molar-refractivity contribution is -0.249. The molecule has 0 aromatic heterocycles. The molecule has 0 aromatic rings. The standard InChI is InChI=1S/C4H6O3.C3H6O3/c1-3-4(5)7-6-2;1-2(4)3(5)6/h3H,1H2,2H3;2,4H,1H3,(H,5,6). The quantitative estimate of drug-likeness (QED) is 0.363. The van der Waals surface area contributed by atoms with Crippen LogP contribution in [0, 0.1) is 0 Å². The van der Waals surface area contributed by atoms with Gasteiger partial charge in [0.05, 0.1) is 7.11 Å². The Balaban J connectivity index is 0. The van der Waals surface area contributed by atoms with E-state index in [0.717, 1.165) is 6.08 Å². The van der Waals surface area contributed by atoms with Crippen molar-refractivity contribution in [1.82, 2.24) is 0 Å². The molecule has 0 saturated carbocycles. The van der Waals surface area contributed by atoms with E-state index in [-0.39, 0.29) is 0 Å². The number of rotatable bonds is 3. The van der Waals surface area contributed by atoms with E-state index in [9.17, 15) is 9.59 Å². The maximum atomic E-state index is 9.95. The van der Waals surface area contributed by atoms with Crippen molar-refractivity contribution in [2.45, 2.75) is 13.0 Å². The molecule has 2 N–H and O–H groups in total. The number of aliphatic hydroxyl groups excluding tert-OH is 1. The molecule has 6 heteroatoms. The van der Waals surface area contributed by atoms with Gasteiger partial charge in [-0.25, -0.2) is 9.59 Å². The van der Waals surface area contributed by atoms with Crippen molar-refractivity contribution in [1.29, 1.82) is 0 Å². The molecular formula is C7H12O6. The lowest BCUT2D eigenvalue weighted by atomic mass is 10.4. The predicted octanol–water partition coefficient (Wildman–Crippen LogP) is -0.271. The SMILES string of the molecule is C=CC(=O)OOC.CC(O)C(=O)O. The van der Waals surface area contributed by atoms with Crippen molar-refractivity contribution in [2.24, 2.45) is 0 Å². The first-order chi connectivity index (χ1) is 5.95. The summed E-state index contributed by atoms with van der Waals surface area (Å²) in [5, 5.41) is 15.8. The zero-order chi connectivity index (χ0) is 10.9. The van der Waals surface area contributed by atoms with Crippen LogP contribution in [0.1, 0.15) is 6.92 Å². The topological polar surface area (TPSA) is 93.1 Å². The van der Waals surface area contributed by atoms with Crippen LogP contribution in [-0.4, -0.2) is 35.4 Å². The first kappa shape index (κ1) is 14.1. The summed E-state index contributed by atoms with van der Waals surface area (Å²) < 4.78 is 0. The Morgan fingerprint density at radius 2 is 1.92 bits per heavy atom. The maximum Gasteiger partial charge on any atom is 0.365 e. The normalized spacial score (nSPS) is 10.4. The number of hydrogen-bond acceptors (Lipinski definition) is 5. The summed E-state index contributed by atoms with van der Waals surface area (Å²) in [5.41, 5.74) is 0.